The monoisotopic (exact) mass is 381 g/mol. The molecule has 1 aliphatic rings. The van der Waals surface area contributed by atoms with E-state index >= 15 is 0 Å². The summed E-state index contributed by atoms with van der Waals surface area (Å²) in [4.78, 5) is 14.4. The van der Waals surface area contributed by atoms with Crippen LogP contribution in [0.2, 0.25) is 0 Å². The number of carbonyl (C=O) groups is 1. The van der Waals surface area contributed by atoms with Crippen molar-refractivity contribution in [1.82, 2.24) is 30.2 Å². The minimum atomic E-state index is -0.148. The molecule has 1 saturated heterocycles. The minimum absolute atomic E-state index is 0.0749. The van der Waals surface area contributed by atoms with Gasteiger partial charge in [-0.05, 0) is 17.7 Å². The Kier molecular flexibility index (Phi) is 5.24. The molecule has 9 heteroatoms. The SMILES string of the molecule is COc1ccc(Cn2ccc(NC(=O)N3CCNC(c4cn[nH]c4)C3)n2)cc1. The molecule has 0 radical (unpaired) electrons. The van der Waals surface area contributed by atoms with Gasteiger partial charge in [0.15, 0.2) is 5.82 Å². The normalized spacial score (nSPS) is 16.8. The van der Waals surface area contributed by atoms with Gasteiger partial charge in [0.25, 0.3) is 0 Å². The van der Waals surface area contributed by atoms with E-state index in [1.54, 1.807) is 29.0 Å². The van der Waals surface area contributed by atoms with Crippen molar-refractivity contribution in [2.45, 2.75) is 12.6 Å². The third-order valence-electron chi connectivity index (χ3n) is 4.76. The number of anilines is 1. The lowest BCUT2D eigenvalue weighted by molar-refractivity contribution is 0.190. The quantitative estimate of drug-likeness (QED) is 0.626. The number of nitrogens with zero attached hydrogens (tertiary/aromatic N) is 4. The van der Waals surface area contributed by atoms with Crippen LogP contribution >= 0.6 is 0 Å². The zero-order valence-electron chi connectivity index (χ0n) is 15.6. The lowest BCUT2D eigenvalue weighted by Gasteiger charge is -2.33. The van der Waals surface area contributed by atoms with Gasteiger partial charge in [0.1, 0.15) is 5.75 Å². The fourth-order valence-corrected chi connectivity index (χ4v) is 3.23. The topological polar surface area (TPSA) is 100 Å². The fourth-order valence-electron chi connectivity index (χ4n) is 3.23. The average Bonchev–Trinajstić information content (AvgIpc) is 3.41. The van der Waals surface area contributed by atoms with Gasteiger partial charge in [-0.15, -0.1) is 0 Å². The van der Waals surface area contributed by atoms with Gasteiger partial charge in [0.05, 0.1) is 25.9 Å². The molecule has 1 atom stereocenters. The second kappa shape index (κ2) is 8.13. The van der Waals surface area contributed by atoms with Crippen molar-refractivity contribution in [3.05, 3.63) is 60.0 Å². The molecule has 28 heavy (non-hydrogen) atoms. The highest BCUT2D eigenvalue weighted by molar-refractivity contribution is 5.88. The van der Waals surface area contributed by atoms with Crippen LogP contribution in [0.3, 0.4) is 0 Å². The van der Waals surface area contributed by atoms with Crippen LogP contribution in [0.25, 0.3) is 0 Å². The molecule has 1 aliphatic heterocycles. The molecule has 0 aliphatic carbocycles. The van der Waals surface area contributed by atoms with Crippen LogP contribution in [-0.4, -0.2) is 57.7 Å². The molecule has 146 valence electrons. The maximum atomic E-state index is 12.6. The summed E-state index contributed by atoms with van der Waals surface area (Å²) in [5.74, 6) is 1.36. The summed E-state index contributed by atoms with van der Waals surface area (Å²) in [5, 5.41) is 17.5. The summed E-state index contributed by atoms with van der Waals surface area (Å²) < 4.78 is 6.97. The molecule has 2 aromatic heterocycles. The smallest absolute Gasteiger partial charge is 0.323 e. The molecule has 1 unspecified atom stereocenters. The summed E-state index contributed by atoms with van der Waals surface area (Å²) in [6.45, 7) is 2.58. The van der Waals surface area contributed by atoms with E-state index in [-0.39, 0.29) is 12.1 Å². The molecule has 4 rings (SSSR count). The van der Waals surface area contributed by atoms with Gasteiger partial charge >= 0.3 is 6.03 Å². The van der Waals surface area contributed by atoms with E-state index in [1.165, 1.54) is 0 Å². The number of hydrogen-bond acceptors (Lipinski definition) is 5. The first-order chi connectivity index (χ1) is 13.7. The van der Waals surface area contributed by atoms with Gasteiger partial charge in [-0.1, -0.05) is 12.1 Å². The third-order valence-corrected chi connectivity index (χ3v) is 4.76. The van der Waals surface area contributed by atoms with Crippen LogP contribution in [0, 0.1) is 0 Å². The number of rotatable bonds is 5. The van der Waals surface area contributed by atoms with Gasteiger partial charge < -0.3 is 15.0 Å². The van der Waals surface area contributed by atoms with Gasteiger partial charge in [-0.2, -0.15) is 10.2 Å². The molecule has 9 nitrogen and oxygen atoms in total. The van der Waals surface area contributed by atoms with E-state index in [4.69, 9.17) is 4.74 Å². The zero-order chi connectivity index (χ0) is 19.3. The van der Waals surface area contributed by atoms with Gasteiger partial charge in [0, 0.05) is 43.7 Å². The van der Waals surface area contributed by atoms with Crippen molar-refractivity contribution in [2.75, 3.05) is 32.1 Å². The third kappa shape index (κ3) is 4.15. The highest BCUT2D eigenvalue weighted by Gasteiger charge is 2.25. The van der Waals surface area contributed by atoms with Gasteiger partial charge in [0.2, 0.25) is 0 Å². The number of amides is 2. The van der Waals surface area contributed by atoms with E-state index in [0.717, 1.165) is 23.4 Å². The Bertz CT molecular complexity index is 905. The number of methoxy groups -OCH3 is 1. The first kappa shape index (κ1) is 18.1. The lowest BCUT2D eigenvalue weighted by atomic mass is 10.1. The lowest BCUT2D eigenvalue weighted by Crippen LogP contribution is -2.49. The average molecular weight is 381 g/mol. The van der Waals surface area contributed by atoms with E-state index in [9.17, 15) is 4.79 Å². The highest BCUT2D eigenvalue weighted by atomic mass is 16.5. The van der Waals surface area contributed by atoms with Crippen molar-refractivity contribution in [1.29, 1.82) is 0 Å². The number of ether oxygens (including phenoxy) is 1. The molecule has 3 aromatic rings. The number of piperazine rings is 1. The maximum Gasteiger partial charge on any atom is 0.323 e. The number of carbonyl (C=O) groups excluding carboxylic acids is 1. The van der Waals surface area contributed by atoms with Crippen molar-refractivity contribution in [2.24, 2.45) is 0 Å². The number of nitrogens with one attached hydrogen (secondary N) is 3. The Morgan fingerprint density at radius 3 is 2.93 bits per heavy atom. The number of hydrogen-bond donors (Lipinski definition) is 3. The van der Waals surface area contributed by atoms with E-state index in [1.807, 2.05) is 36.7 Å². The zero-order valence-corrected chi connectivity index (χ0v) is 15.6. The molecule has 1 fully saturated rings. The van der Waals surface area contributed by atoms with E-state index < -0.39 is 0 Å². The summed E-state index contributed by atoms with van der Waals surface area (Å²) in [6, 6.07) is 9.56. The van der Waals surface area contributed by atoms with E-state index in [2.05, 4.69) is 25.9 Å². The predicted octanol–water partition coefficient (Wildman–Crippen LogP) is 1.84. The highest BCUT2D eigenvalue weighted by Crippen LogP contribution is 2.17. The standard InChI is InChI=1S/C19H23N7O2/c1-28-16-4-2-14(3-5-16)12-26-8-6-18(24-26)23-19(27)25-9-7-20-17(13-25)15-10-21-22-11-15/h2-6,8,10-11,17,20H,7,9,12-13H2,1H3,(H,21,22)(H,23,24,27). The van der Waals surface area contributed by atoms with Crippen molar-refractivity contribution in [3.63, 3.8) is 0 Å². The van der Waals surface area contributed by atoms with Crippen LogP contribution in [-0.2, 0) is 6.54 Å². The Morgan fingerprint density at radius 2 is 2.18 bits per heavy atom. The Morgan fingerprint density at radius 1 is 1.32 bits per heavy atom. The van der Waals surface area contributed by atoms with Crippen molar-refractivity contribution < 1.29 is 9.53 Å². The molecule has 0 bridgehead atoms. The molecule has 3 N–H and O–H groups in total. The summed E-state index contributed by atoms with van der Waals surface area (Å²) in [7, 11) is 1.65. The van der Waals surface area contributed by atoms with Crippen LogP contribution < -0.4 is 15.4 Å². The fraction of sp³-hybridized carbons (Fsp3) is 0.316. The van der Waals surface area contributed by atoms with Crippen LogP contribution in [0.5, 0.6) is 5.75 Å². The van der Waals surface area contributed by atoms with Crippen molar-refractivity contribution in [3.8, 4) is 5.75 Å². The van der Waals surface area contributed by atoms with Crippen LogP contribution in [0.4, 0.5) is 10.6 Å². The number of urea groups is 1. The summed E-state index contributed by atoms with van der Waals surface area (Å²) in [6.07, 6.45) is 5.48. The molecule has 0 spiro atoms. The van der Waals surface area contributed by atoms with Crippen LogP contribution in [0.1, 0.15) is 17.2 Å². The second-order valence-corrected chi connectivity index (χ2v) is 6.66. The number of benzene rings is 1. The number of aromatic amines is 1. The van der Waals surface area contributed by atoms with Crippen molar-refractivity contribution >= 4 is 11.8 Å². The van der Waals surface area contributed by atoms with Gasteiger partial charge in [-0.25, -0.2) is 4.79 Å². The molecule has 0 saturated carbocycles. The Hall–Kier alpha value is -3.33. The minimum Gasteiger partial charge on any atom is -0.497 e. The van der Waals surface area contributed by atoms with E-state index in [0.29, 0.717) is 25.5 Å². The first-order valence-electron chi connectivity index (χ1n) is 9.15. The number of aromatic nitrogens is 4. The molecule has 1 aromatic carbocycles. The summed E-state index contributed by atoms with van der Waals surface area (Å²) >= 11 is 0. The number of H-pyrrole nitrogens is 1. The van der Waals surface area contributed by atoms with Crippen LogP contribution in [0.15, 0.2) is 48.9 Å². The molecule has 3 heterocycles. The molecule has 2 amide bonds. The largest absolute Gasteiger partial charge is 0.497 e. The second-order valence-electron chi connectivity index (χ2n) is 6.66. The molecular formula is C19H23N7O2. The van der Waals surface area contributed by atoms with Gasteiger partial charge in [-0.3, -0.25) is 15.1 Å². The predicted molar refractivity (Wildman–Crippen MR) is 104 cm³/mol. The summed E-state index contributed by atoms with van der Waals surface area (Å²) in [5.41, 5.74) is 2.15. The maximum absolute atomic E-state index is 12.6. The Labute approximate surface area is 162 Å². The molecular weight excluding hydrogens is 358 g/mol. The Balaban J connectivity index is 1.34. The first-order valence-corrected chi connectivity index (χ1v) is 9.15.